The van der Waals surface area contributed by atoms with E-state index in [2.05, 4.69) is 41.2 Å². The van der Waals surface area contributed by atoms with Crippen molar-refractivity contribution in [2.45, 2.75) is 18.7 Å². The summed E-state index contributed by atoms with van der Waals surface area (Å²) in [6, 6.07) is 8.42. The zero-order chi connectivity index (χ0) is 17.7. The Balaban J connectivity index is 1.93. The van der Waals surface area contributed by atoms with Crippen molar-refractivity contribution >= 4 is 23.6 Å². The number of amides is 1. The summed E-state index contributed by atoms with van der Waals surface area (Å²) in [5, 5.41) is 0. The van der Waals surface area contributed by atoms with Gasteiger partial charge < -0.3 is 9.80 Å². The highest BCUT2D eigenvalue weighted by molar-refractivity contribution is 7.99. The fourth-order valence-electron chi connectivity index (χ4n) is 2.12. The number of anilines is 1. The van der Waals surface area contributed by atoms with Crippen LogP contribution in [-0.2, 0) is 0 Å². The van der Waals surface area contributed by atoms with Gasteiger partial charge in [0.05, 0.1) is 11.3 Å². The third kappa shape index (κ3) is 4.71. The first kappa shape index (κ1) is 18.3. The van der Waals surface area contributed by atoms with Crippen molar-refractivity contribution in [3.05, 3.63) is 47.3 Å². The Kier molecular flexibility index (Phi) is 6.20. The van der Waals surface area contributed by atoms with Gasteiger partial charge in [0.25, 0.3) is 5.91 Å². The fourth-order valence-corrected chi connectivity index (χ4v) is 3.05. The molecule has 0 aliphatic carbocycles. The number of aromatic nitrogens is 2. The summed E-state index contributed by atoms with van der Waals surface area (Å²) in [6.45, 7) is 4.59. The minimum absolute atomic E-state index is 0.0395. The molecule has 0 aliphatic rings. The number of hydrogen-bond acceptors (Lipinski definition) is 5. The first-order valence-corrected chi connectivity index (χ1v) is 8.83. The van der Waals surface area contributed by atoms with Crippen LogP contribution in [0.1, 0.15) is 21.6 Å². The van der Waals surface area contributed by atoms with E-state index in [1.165, 1.54) is 10.5 Å². The van der Waals surface area contributed by atoms with E-state index in [-0.39, 0.29) is 5.91 Å². The standard InChI is InChI=1S/C18H24N4OS/c1-13-6-8-15(9-7-13)24-11-10-22(5)17(23)16-12-19-18(21(3)4)20-14(16)2/h6-9,12H,10-11H2,1-5H3. The van der Waals surface area contributed by atoms with Crippen LogP contribution in [0.25, 0.3) is 0 Å². The van der Waals surface area contributed by atoms with Gasteiger partial charge in [0.1, 0.15) is 0 Å². The smallest absolute Gasteiger partial charge is 0.257 e. The van der Waals surface area contributed by atoms with Crippen LogP contribution in [0.4, 0.5) is 5.95 Å². The van der Waals surface area contributed by atoms with E-state index in [9.17, 15) is 4.79 Å². The Morgan fingerprint density at radius 1 is 1.12 bits per heavy atom. The summed E-state index contributed by atoms with van der Waals surface area (Å²) in [7, 11) is 5.58. The summed E-state index contributed by atoms with van der Waals surface area (Å²) >= 11 is 1.75. The minimum atomic E-state index is -0.0395. The van der Waals surface area contributed by atoms with Crippen LogP contribution >= 0.6 is 11.8 Å². The molecule has 0 bridgehead atoms. The average Bonchev–Trinajstić information content (AvgIpc) is 2.55. The lowest BCUT2D eigenvalue weighted by Gasteiger charge is -2.18. The number of rotatable bonds is 6. The Morgan fingerprint density at radius 2 is 1.79 bits per heavy atom. The van der Waals surface area contributed by atoms with Gasteiger partial charge in [0, 0.05) is 44.5 Å². The lowest BCUT2D eigenvalue weighted by Crippen LogP contribution is -2.30. The predicted molar refractivity (Wildman–Crippen MR) is 100.0 cm³/mol. The summed E-state index contributed by atoms with van der Waals surface area (Å²) in [5.74, 6) is 1.42. The molecule has 2 rings (SSSR count). The van der Waals surface area contributed by atoms with Crippen molar-refractivity contribution in [1.29, 1.82) is 0 Å². The molecule has 128 valence electrons. The lowest BCUT2D eigenvalue weighted by atomic mass is 10.2. The number of carbonyl (C=O) groups is 1. The Labute approximate surface area is 148 Å². The number of nitrogens with zero attached hydrogens (tertiary/aromatic N) is 4. The van der Waals surface area contributed by atoms with Gasteiger partial charge in [-0.3, -0.25) is 4.79 Å². The largest absolute Gasteiger partial charge is 0.347 e. The summed E-state index contributed by atoms with van der Waals surface area (Å²) in [6.07, 6.45) is 1.61. The predicted octanol–water partition coefficient (Wildman–Crippen LogP) is 3.02. The van der Waals surface area contributed by atoms with Crippen LogP contribution in [0.3, 0.4) is 0 Å². The van der Waals surface area contributed by atoms with E-state index in [1.807, 2.05) is 33.0 Å². The van der Waals surface area contributed by atoms with Gasteiger partial charge in [0.2, 0.25) is 5.95 Å². The monoisotopic (exact) mass is 344 g/mol. The third-order valence-electron chi connectivity index (χ3n) is 3.66. The molecule has 2 aromatic rings. The molecular formula is C18H24N4OS. The zero-order valence-electron chi connectivity index (χ0n) is 14.9. The number of aryl methyl sites for hydroxylation is 2. The van der Waals surface area contributed by atoms with Crippen LogP contribution in [0.5, 0.6) is 0 Å². The molecule has 6 heteroatoms. The normalized spacial score (nSPS) is 10.5. The number of hydrogen-bond donors (Lipinski definition) is 0. The van der Waals surface area contributed by atoms with Gasteiger partial charge in [-0.25, -0.2) is 9.97 Å². The van der Waals surface area contributed by atoms with Gasteiger partial charge in [-0.15, -0.1) is 11.8 Å². The summed E-state index contributed by atoms with van der Waals surface area (Å²) in [5.41, 5.74) is 2.52. The summed E-state index contributed by atoms with van der Waals surface area (Å²) in [4.78, 5) is 25.9. The van der Waals surface area contributed by atoms with Crippen LogP contribution in [0.2, 0.25) is 0 Å². The third-order valence-corrected chi connectivity index (χ3v) is 4.65. The lowest BCUT2D eigenvalue weighted by molar-refractivity contribution is 0.0802. The van der Waals surface area contributed by atoms with Gasteiger partial charge >= 0.3 is 0 Å². The highest BCUT2D eigenvalue weighted by Gasteiger charge is 2.16. The minimum Gasteiger partial charge on any atom is -0.347 e. The highest BCUT2D eigenvalue weighted by Crippen LogP contribution is 2.18. The van der Waals surface area contributed by atoms with Crippen molar-refractivity contribution in [3.8, 4) is 0 Å². The molecule has 1 aromatic carbocycles. The quantitative estimate of drug-likeness (QED) is 0.754. The molecule has 0 spiro atoms. The number of thioether (sulfide) groups is 1. The Hall–Kier alpha value is -2.08. The van der Waals surface area contributed by atoms with E-state index < -0.39 is 0 Å². The molecule has 0 saturated carbocycles. The SMILES string of the molecule is Cc1ccc(SCCN(C)C(=O)c2cnc(N(C)C)nc2C)cc1. The first-order valence-electron chi connectivity index (χ1n) is 7.84. The molecule has 5 nitrogen and oxygen atoms in total. The second-order valence-electron chi connectivity index (χ2n) is 5.95. The second kappa shape index (κ2) is 8.15. The maximum atomic E-state index is 12.6. The molecule has 0 atom stereocenters. The maximum Gasteiger partial charge on any atom is 0.257 e. The van der Waals surface area contributed by atoms with Crippen LogP contribution in [0, 0.1) is 13.8 Å². The fraction of sp³-hybridized carbons (Fsp3) is 0.389. The molecule has 1 aromatic heterocycles. The average molecular weight is 344 g/mol. The highest BCUT2D eigenvalue weighted by atomic mass is 32.2. The van der Waals surface area contributed by atoms with Gasteiger partial charge in [-0.2, -0.15) is 0 Å². The molecule has 0 radical (unpaired) electrons. The maximum absolute atomic E-state index is 12.6. The molecule has 24 heavy (non-hydrogen) atoms. The molecule has 0 fully saturated rings. The topological polar surface area (TPSA) is 49.3 Å². The Bertz CT molecular complexity index is 701. The molecular weight excluding hydrogens is 320 g/mol. The van der Waals surface area contributed by atoms with Gasteiger partial charge in [-0.05, 0) is 26.0 Å². The van der Waals surface area contributed by atoms with Crippen molar-refractivity contribution in [2.75, 3.05) is 38.3 Å². The first-order chi connectivity index (χ1) is 11.4. The van der Waals surface area contributed by atoms with Crippen molar-refractivity contribution in [3.63, 3.8) is 0 Å². The number of carbonyl (C=O) groups excluding carboxylic acids is 1. The zero-order valence-corrected chi connectivity index (χ0v) is 15.7. The van der Waals surface area contributed by atoms with Crippen molar-refractivity contribution < 1.29 is 4.79 Å². The molecule has 0 unspecified atom stereocenters. The molecule has 1 heterocycles. The van der Waals surface area contributed by atoms with Crippen LogP contribution < -0.4 is 4.90 Å². The van der Waals surface area contributed by atoms with E-state index >= 15 is 0 Å². The van der Waals surface area contributed by atoms with E-state index in [0.29, 0.717) is 23.8 Å². The van der Waals surface area contributed by atoms with Gasteiger partial charge in [0.15, 0.2) is 0 Å². The molecule has 0 saturated heterocycles. The van der Waals surface area contributed by atoms with Gasteiger partial charge in [-0.1, -0.05) is 17.7 Å². The van der Waals surface area contributed by atoms with E-state index in [1.54, 1.807) is 22.9 Å². The molecule has 0 N–H and O–H groups in total. The van der Waals surface area contributed by atoms with Crippen molar-refractivity contribution in [1.82, 2.24) is 14.9 Å². The van der Waals surface area contributed by atoms with Crippen LogP contribution in [-0.4, -0.2) is 54.2 Å². The van der Waals surface area contributed by atoms with E-state index in [0.717, 1.165) is 5.75 Å². The van der Waals surface area contributed by atoms with Crippen LogP contribution in [0.15, 0.2) is 35.4 Å². The van der Waals surface area contributed by atoms with Crippen molar-refractivity contribution in [2.24, 2.45) is 0 Å². The summed E-state index contributed by atoms with van der Waals surface area (Å²) < 4.78 is 0. The molecule has 1 amide bonds. The van der Waals surface area contributed by atoms with E-state index in [4.69, 9.17) is 0 Å². The second-order valence-corrected chi connectivity index (χ2v) is 7.12. The molecule has 0 aliphatic heterocycles. The number of benzene rings is 1. The Morgan fingerprint density at radius 3 is 2.38 bits per heavy atom.